The fourth-order valence-corrected chi connectivity index (χ4v) is 3.12. The van der Waals surface area contributed by atoms with Crippen LogP contribution in [-0.2, 0) is 11.2 Å². The van der Waals surface area contributed by atoms with Crippen molar-refractivity contribution in [1.82, 2.24) is 10.5 Å². The molecule has 0 spiro atoms. The summed E-state index contributed by atoms with van der Waals surface area (Å²) in [6, 6.07) is 5.85. The standard InChI is InChI=1S/C15H24N2O2S/c1-2-3-4-5-9-14(15(18)17-19)20-12-10-13-8-6-7-11-16-13/h6-8,11,14,19H,2-5,9-10,12H2,1H3,(H,17,18). The average Bonchev–Trinajstić information content (AvgIpc) is 2.50. The summed E-state index contributed by atoms with van der Waals surface area (Å²) in [5.74, 6) is 0.551. The lowest BCUT2D eigenvalue weighted by atomic mass is 10.1. The second-order valence-electron chi connectivity index (χ2n) is 4.76. The van der Waals surface area contributed by atoms with Gasteiger partial charge in [0.05, 0.1) is 5.25 Å². The monoisotopic (exact) mass is 296 g/mol. The number of aromatic nitrogens is 1. The van der Waals surface area contributed by atoms with Crippen molar-refractivity contribution in [2.45, 2.75) is 50.7 Å². The van der Waals surface area contributed by atoms with Gasteiger partial charge in [-0.3, -0.25) is 15.0 Å². The molecule has 1 rings (SSSR count). The Kier molecular flexibility index (Phi) is 9.07. The molecule has 1 aromatic rings. The number of aryl methyl sites for hydroxylation is 1. The van der Waals surface area contributed by atoms with Gasteiger partial charge >= 0.3 is 0 Å². The minimum atomic E-state index is -0.285. The highest BCUT2D eigenvalue weighted by Gasteiger charge is 2.17. The smallest absolute Gasteiger partial charge is 0.256 e. The lowest BCUT2D eigenvalue weighted by Gasteiger charge is -2.14. The van der Waals surface area contributed by atoms with Gasteiger partial charge in [0.15, 0.2) is 0 Å². The van der Waals surface area contributed by atoms with Crippen LogP contribution in [0, 0.1) is 0 Å². The maximum absolute atomic E-state index is 11.6. The molecule has 0 aliphatic carbocycles. The van der Waals surface area contributed by atoms with E-state index in [1.165, 1.54) is 12.8 Å². The van der Waals surface area contributed by atoms with Gasteiger partial charge in [-0.2, -0.15) is 0 Å². The molecule has 0 saturated carbocycles. The van der Waals surface area contributed by atoms with Gasteiger partial charge in [0.25, 0.3) is 5.91 Å². The van der Waals surface area contributed by atoms with Gasteiger partial charge in [0.1, 0.15) is 0 Å². The van der Waals surface area contributed by atoms with Crippen molar-refractivity contribution in [3.05, 3.63) is 30.1 Å². The number of carbonyl (C=O) groups excluding carboxylic acids is 1. The minimum absolute atomic E-state index is 0.166. The Morgan fingerprint density at radius 2 is 2.25 bits per heavy atom. The molecule has 1 amide bonds. The molecule has 1 aromatic heterocycles. The summed E-state index contributed by atoms with van der Waals surface area (Å²) >= 11 is 1.60. The molecule has 1 heterocycles. The third-order valence-electron chi connectivity index (χ3n) is 3.13. The summed E-state index contributed by atoms with van der Waals surface area (Å²) in [6.45, 7) is 2.17. The van der Waals surface area contributed by atoms with Crippen LogP contribution in [-0.4, -0.2) is 27.1 Å². The van der Waals surface area contributed by atoms with E-state index in [4.69, 9.17) is 5.21 Å². The number of amides is 1. The highest BCUT2D eigenvalue weighted by molar-refractivity contribution is 8.00. The van der Waals surface area contributed by atoms with Gasteiger partial charge in [-0.05, 0) is 30.7 Å². The molecular formula is C15H24N2O2S. The number of hydrogen-bond acceptors (Lipinski definition) is 4. The molecule has 0 bridgehead atoms. The molecule has 1 unspecified atom stereocenters. The van der Waals surface area contributed by atoms with Crippen molar-refractivity contribution in [3.63, 3.8) is 0 Å². The van der Waals surface area contributed by atoms with Crippen LogP contribution in [0.1, 0.15) is 44.7 Å². The highest BCUT2D eigenvalue weighted by Crippen LogP contribution is 2.19. The largest absolute Gasteiger partial charge is 0.289 e. The quantitative estimate of drug-likeness (QED) is 0.395. The number of nitrogens with zero attached hydrogens (tertiary/aromatic N) is 1. The third-order valence-corrected chi connectivity index (χ3v) is 4.42. The number of nitrogens with one attached hydrogen (secondary N) is 1. The molecule has 0 fully saturated rings. The van der Waals surface area contributed by atoms with E-state index in [-0.39, 0.29) is 11.2 Å². The molecule has 0 aromatic carbocycles. The van der Waals surface area contributed by atoms with Crippen LogP contribution in [0.15, 0.2) is 24.4 Å². The van der Waals surface area contributed by atoms with Crippen LogP contribution in [0.2, 0.25) is 0 Å². The average molecular weight is 296 g/mol. The Labute approximate surface area is 125 Å². The lowest BCUT2D eigenvalue weighted by Crippen LogP contribution is -2.30. The number of carbonyl (C=O) groups is 1. The van der Waals surface area contributed by atoms with Gasteiger partial charge in [-0.1, -0.05) is 38.7 Å². The van der Waals surface area contributed by atoms with Gasteiger partial charge < -0.3 is 0 Å². The molecular weight excluding hydrogens is 272 g/mol. The topological polar surface area (TPSA) is 62.2 Å². The number of thioether (sulfide) groups is 1. The normalized spacial score (nSPS) is 12.1. The first-order valence-electron chi connectivity index (χ1n) is 7.23. The fourth-order valence-electron chi connectivity index (χ4n) is 1.97. The van der Waals surface area contributed by atoms with Gasteiger partial charge in [-0.15, -0.1) is 11.8 Å². The summed E-state index contributed by atoms with van der Waals surface area (Å²) < 4.78 is 0. The first-order chi connectivity index (χ1) is 9.77. The maximum Gasteiger partial charge on any atom is 0.256 e. The van der Waals surface area contributed by atoms with Crippen LogP contribution in [0.3, 0.4) is 0 Å². The van der Waals surface area contributed by atoms with Crippen molar-refractivity contribution in [2.75, 3.05) is 5.75 Å². The van der Waals surface area contributed by atoms with Gasteiger partial charge in [0, 0.05) is 11.9 Å². The number of hydroxylamine groups is 1. The lowest BCUT2D eigenvalue weighted by molar-refractivity contribution is -0.128. The summed E-state index contributed by atoms with van der Waals surface area (Å²) in [5, 5.41) is 8.63. The van der Waals surface area contributed by atoms with Crippen molar-refractivity contribution in [1.29, 1.82) is 0 Å². The van der Waals surface area contributed by atoms with Crippen LogP contribution >= 0.6 is 11.8 Å². The van der Waals surface area contributed by atoms with E-state index >= 15 is 0 Å². The van der Waals surface area contributed by atoms with Crippen LogP contribution in [0.25, 0.3) is 0 Å². The van der Waals surface area contributed by atoms with Crippen molar-refractivity contribution in [2.24, 2.45) is 0 Å². The molecule has 0 radical (unpaired) electrons. The zero-order valence-electron chi connectivity index (χ0n) is 12.0. The molecule has 2 N–H and O–H groups in total. The zero-order chi connectivity index (χ0) is 14.6. The Hall–Kier alpha value is -1.07. The number of pyridine rings is 1. The van der Waals surface area contributed by atoms with E-state index in [0.29, 0.717) is 0 Å². The Morgan fingerprint density at radius 1 is 1.40 bits per heavy atom. The second kappa shape index (κ2) is 10.7. The van der Waals surface area contributed by atoms with E-state index < -0.39 is 0 Å². The number of unbranched alkanes of at least 4 members (excludes halogenated alkanes) is 3. The summed E-state index contributed by atoms with van der Waals surface area (Å²) in [4.78, 5) is 15.9. The van der Waals surface area contributed by atoms with E-state index in [0.717, 1.165) is 37.1 Å². The summed E-state index contributed by atoms with van der Waals surface area (Å²) in [6.07, 6.45) is 8.00. The molecule has 20 heavy (non-hydrogen) atoms. The first kappa shape index (κ1) is 17.0. The molecule has 0 aliphatic heterocycles. The fraction of sp³-hybridized carbons (Fsp3) is 0.600. The van der Waals surface area contributed by atoms with Crippen molar-refractivity contribution >= 4 is 17.7 Å². The predicted octanol–water partition coefficient (Wildman–Crippen LogP) is 3.20. The first-order valence-corrected chi connectivity index (χ1v) is 8.28. The minimum Gasteiger partial charge on any atom is -0.289 e. The van der Waals surface area contributed by atoms with E-state index in [2.05, 4.69) is 11.9 Å². The van der Waals surface area contributed by atoms with Gasteiger partial charge in [0.2, 0.25) is 0 Å². The Bertz CT molecular complexity index is 373. The predicted molar refractivity (Wildman–Crippen MR) is 82.9 cm³/mol. The zero-order valence-corrected chi connectivity index (χ0v) is 12.9. The van der Waals surface area contributed by atoms with Crippen LogP contribution in [0.5, 0.6) is 0 Å². The van der Waals surface area contributed by atoms with E-state index in [1.54, 1.807) is 23.4 Å². The molecule has 0 saturated heterocycles. The van der Waals surface area contributed by atoms with Crippen molar-refractivity contribution < 1.29 is 10.0 Å². The highest BCUT2D eigenvalue weighted by atomic mass is 32.2. The molecule has 4 nitrogen and oxygen atoms in total. The van der Waals surface area contributed by atoms with E-state index in [1.807, 2.05) is 18.2 Å². The summed E-state index contributed by atoms with van der Waals surface area (Å²) in [7, 11) is 0. The Balaban J connectivity index is 2.31. The molecule has 5 heteroatoms. The molecule has 0 aliphatic rings. The number of hydrogen-bond donors (Lipinski definition) is 2. The Morgan fingerprint density at radius 3 is 2.90 bits per heavy atom. The summed E-state index contributed by atoms with van der Waals surface area (Å²) in [5.41, 5.74) is 2.82. The third kappa shape index (κ3) is 6.91. The van der Waals surface area contributed by atoms with Crippen molar-refractivity contribution in [3.8, 4) is 0 Å². The van der Waals surface area contributed by atoms with Gasteiger partial charge in [-0.25, -0.2) is 5.48 Å². The molecule has 1 atom stereocenters. The maximum atomic E-state index is 11.6. The number of rotatable bonds is 10. The SMILES string of the molecule is CCCCCCC(SCCc1ccccn1)C(=O)NO. The van der Waals surface area contributed by atoms with E-state index in [9.17, 15) is 4.79 Å². The van der Waals surface area contributed by atoms with Crippen LogP contribution < -0.4 is 5.48 Å². The second-order valence-corrected chi connectivity index (χ2v) is 6.07. The molecule has 112 valence electrons. The van der Waals surface area contributed by atoms with Crippen LogP contribution in [0.4, 0.5) is 0 Å².